The number of amides is 1. The Hall–Kier alpha value is -1.14. The van der Waals surface area contributed by atoms with Crippen molar-refractivity contribution in [3.05, 3.63) is 0 Å². The predicted octanol–water partition coefficient (Wildman–Crippen LogP) is -0.816. The van der Waals surface area contributed by atoms with Gasteiger partial charge in [-0.1, -0.05) is 6.92 Å². The van der Waals surface area contributed by atoms with E-state index in [1.807, 2.05) is 6.92 Å². The number of carboxylic acids is 1. The monoisotopic (exact) mass is 244 g/mol. The second-order valence-electron chi connectivity index (χ2n) is 5.03. The SMILES string of the molecule is CC1CNCC1C(=O)NCC(C)(O)CC(=O)O. The second kappa shape index (κ2) is 5.46. The molecule has 0 aliphatic carbocycles. The highest BCUT2D eigenvalue weighted by molar-refractivity contribution is 5.79. The Balaban J connectivity index is 2.39. The van der Waals surface area contributed by atoms with Gasteiger partial charge in [-0.2, -0.15) is 0 Å². The van der Waals surface area contributed by atoms with Crippen LogP contribution in [-0.2, 0) is 9.59 Å². The smallest absolute Gasteiger partial charge is 0.306 e. The molecule has 6 nitrogen and oxygen atoms in total. The first-order valence-corrected chi connectivity index (χ1v) is 5.74. The van der Waals surface area contributed by atoms with E-state index in [1.54, 1.807) is 0 Å². The molecule has 0 saturated carbocycles. The molecule has 1 fully saturated rings. The van der Waals surface area contributed by atoms with Gasteiger partial charge in [-0.3, -0.25) is 9.59 Å². The number of carbonyl (C=O) groups is 2. The number of aliphatic carboxylic acids is 1. The van der Waals surface area contributed by atoms with E-state index in [0.29, 0.717) is 6.54 Å². The maximum absolute atomic E-state index is 11.8. The Kier molecular flexibility index (Phi) is 4.47. The standard InChI is InChI=1S/C11H20N2O4/c1-7-4-12-5-8(7)10(16)13-6-11(2,17)3-9(14)15/h7-8,12,17H,3-6H2,1-2H3,(H,13,16)(H,14,15). The minimum absolute atomic E-state index is 0.0403. The topological polar surface area (TPSA) is 98.7 Å². The molecule has 17 heavy (non-hydrogen) atoms. The van der Waals surface area contributed by atoms with E-state index >= 15 is 0 Å². The largest absolute Gasteiger partial charge is 0.481 e. The molecule has 3 unspecified atom stereocenters. The number of aliphatic hydroxyl groups is 1. The molecular weight excluding hydrogens is 224 g/mol. The molecule has 98 valence electrons. The Morgan fingerprint density at radius 2 is 2.12 bits per heavy atom. The molecule has 0 aromatic rings. The fraction of sp³-hybridized carbons (Fsp3) is 0.818. The molecule has 4 N–H and O–H groups in total. The maximum Gasteiger partial charge on any atom is 0.306 e. The maximum atomic E-state index is 11.8. The number of nitrogens with one attached hydrogen (secondary N) is 2. The van der Waals surface area contributed by atoms with Crippen LogP contribution in [0.2, 0.25) is 0 Å². The zero-order valence-electron chi connectivity index (χ0n) is 10.2. The predicted molar refractivity (Wildman–Crippen MR) is 61.4 cm³/mol. The molecule has 1 rings (SSSR count). The van der Waals surface area contributed by atoms with Crippen molar-refractivity contribution in [1.29, 1.82) is 0 Å². The van der Waals surface area contributed by atoms with Crippen molar-refractivity contribution in [1.82, 2.24) is 10.6 Å². The second-order valence-corrected chi connectivity index (χ2v) is 5.03. The molecule has 0 bridgehead atoms. The molecule has 6 heteroatoms. The van der Waals surface area contributed by atoms with Crippen LogP contribution in [0.25, 0.3) is 0 Å². The summed E-state index contributed by atoms with van der Waals surface area (Å²) in [5.74, 6) is -1.05. The minimum atomic E-state index is -1.41. The molecule has 1 heterocycles. The van der Waals surface area contributed by atoms with Crippen molar-refractivity contribution < 1.29 is 19.8 Å². The van der Waals surface area contributed by atoms with Gasteiger partial charge in [-0.15, -0.1) is 0 Å². The van der Waals surface area contributed by atoms with Gasteiger partial charge in [0.2, 0.25) is 5.91 Å². The van der Waals surface area contributed by atoms with Crippen LogP contribution in [0.3, 0.4) is 0 Å². The van der Waals surface area contributed by atoms with Gasteiger partial charge in [0.25, 0.3) is 0 Å². The van der Waals surface area contributed by atoms with Crippen LogP contribution in [0.15, 0.2) is 0 Å². The molecule has 1 aliphatic rings. The Morgan fingerprint density at radius 1 is 1.47 bits per heavy atom. The summed E-state index contributed by atoms with van der Waals surface area (Å²) in [4.78, 5) is 22.3. The van der Waals surface area contributed by atoms with E-state index in [9.17, 15) is 14.7 Å². The summed E-state index contributed by atoms with van der Waals surface area (Å²) >= 11 is 0. The molecule has 0 aromatic heterocycles. The molecule has 0 spiro atoms. The summed E-state index contributed by atoms with van der Waals surface area (Å²) < 4.78 is 0. The fourth-order valence-electron chi connectivity index (χ4n) is 1.96. The van der Waals surface area contributed by atoms with Crippen LogP contribution in [0.4, 0.5) is 0 Å². The van der Waals surface area contributed by atoms with E-state index in [1.165, 1.54) is 6.92 Å². The van der Waals surface area contributed by atoms with E-state index in [-0.39, 0.29) is 30.7 Å². The summed E-state index contributed by atoms with van der Waals surface area (Å²) in [7, 11) is 0. The summed E-state index contributed by atoms with van der Waals surface area (Å²) in [6, 6.07) is 0. The van der Waals surface area contributed by atoms with Crippen molar-refractivity contribution >= 4 is 11.9 Å². The third-order valence-electron chi connectivity index (χ3n) is 3.03. The number of carbonyl (C=O) groups excluding carboxylic acids is 1. The van der Waals surface area contributed by atoms with Gasteiger partial charge < -0.3 is 20.8 Å². The third-order valence-corrected chi connectivity index (χ3v) is 3.03. The van der Waals surface area contributed by atoms with Gasteiger partial charge in [0.1, 0.15) is 0 Å². The van der Waals surface area contributed by atoms with E-state index in [2.05, 4.69) is 10.6 Å². The molecule has 1 amide bonds. The van der Waals surface area contributed by atoms with E-state index < -0.39 is 11.6 Å². The van der Waals surface area contributed by atoms with Crippen LogP contribution in [0.1, 0.15) is 20.3 Å². The number of carboxylic acid groups (broad SMARTS) is 1. The summed E-state index contributed by atoms with van der Waals surface area (Å²) in [5.41, 5.74) is -1.41. The lowest BCUT2D eigenvalue weighted by Crippen LogP contribution is -2.45. The van der Waals surface area contributed by atoms with Crippen LogP contribution in [0.5, 0.6) is 0 Å². The molecule has 0 radical (unpaired) electrons. The van der Waals surface area contributed by atoms with E-state index in [0.717, 1.165) is 6.54 Å². The summed E-state index contributed by atoms with van der Waals surface area (Å²) in [6.45, 7) is 4.79. The fourth-order valence-corrected chi connectivity index (χ4v) is 1.96. The molecule has 1 aliphatic heterocycles. The van der Waals surface area contributed by atoms with Crippen LogP contribution in [-0.4, -0.2) is 47.3 Å². The lowest BCUT2D eigenvalue weighted by Gasteiger charge is -2.23. The highest BCUT2D eigenvalue weighted by atomic mass is 16.4. The zero-order chi connectivity index (χ0) is 13.1. The Morgan fingerprint density at radius 3 is 2.59 bits per heavy atom. The number of hydrogen-bond acceptors (Lipinski definition) is 4. The van der Waals surface area contributed by atoms with Gasteiger partial charge in [-0.05, 0) is 19.4 Å². The van der Waals surface area contributed by atoms with Gasteiger partial charge in [0, 0.05) is 13.1 Å². The average Bonchev–Trinajstić information content (AvgIpc) is 2.59. The lowest BCUT2D eigenvalue weighted by atomic mass is 9.96. The highest BCUT2D eigenvalue weighted by Gasteiger charge is 2.31. The molecule has 3 atom stereocenters. The van der Waals surface area contributed by atoms with Gasteiger partial charge in [0.15, 0.2) is 0 Å². The number of hydrogen-bond donors (Lipinski definition) is 4. The van der Waals surface area contributed by atoms with Crippen molar-refractivity contribution in [3.8, 4) is 0 Å². The van der Waals surface area contributed by atoms with Crippen LogP contribution < -0.4 is 10.6 Å². The van der Waals surface area contributed by atoms with Crippen molar-refractivity contribution in [2.75, 3.05) is 19.6 Å². The average molecular weight is 244 g/mol. The highest BCUT2D eigenvalue weighted by Crippen LogP contribution is 2.16. The molecule has 1 saturated heterocycles. The zero-order valence-corrected chi connectivity index (χ0v) is 10.2. The first-order valence-electron chi connectivity index (χ1n) is 5.74. The van der Waals surface area contributed by atoms with Gasteiger partial charge in [-0.25, -0.2) is 0 Å². The van der Waals surface area contributed by atoms with Gasteiger partial charge >= 0.3 is 5.97 Å². The first-order chi connectivity index (χ1) is 7.82. The third kappa shape index (κ3) is 4.32. The molecule has 0 aromatic carbocycles. The van der Waals surface area contributed by atoms with Crippen LogP contribution >= 0.6 is 0 Å². The lowest BCUT2D eigenvalue weighted by molar-refractivity contribution is -0.142. The summed E-state index contributed by atoms with van der Waals surface area (Å²) in [6.07, 6.45) is -0.383. The molecular formula is C11H20N2O4. The van der Waals surface area contributed by atoms with Crippen LogP contribution in [0, 0.1) is 11.8 Å². The van der Waals surface area contributed by atoms with Gasteiger partial charge in [0.05, 0.1) is 17.9 Å². The van der Waals surface area contributed by atoms with Crippen molar-refractivity contribution in [2.45, 2.75) is 25.9 Å². The Bertz CT molecular complexity index is 304. The first kappa shape index (κ1) is 13.9. The number of rotatable bonds is 5. The normalized spacial score (nSPS) is 27.5. The van der Waals surface area contributed by atoms with Crippen molar-refractivity contribution in [2.24, 2.45) is 11.8 Å². The summed E-state index contributed by atoms with van der Waals surface area (Å²) in [5, 5.41) is 24.0. The minimum Gasteiger partial charge on any atom is -0.481 e. The Labute approximate surface area is 100 Å². The van der Waals surface area contributed by atoms with Crippen molar-refractivity contribution in [3.63, 3.8) is 0 Å². The van der Waals surface area contributed by atoms with E-state index in [4.69, 9.17) is 5.11 Å². The quantitative estimate of drug-likeness (QED) is 0.506.